The molecule has 3 aliphatic carbocycles. The summed E-state index contributed by atoms with van der Waals surface area (Å²) in [5.41, 5.74) is 5.97. The zero-order valence-corrected chi connectivity index (χ0v) is 34.6. The van der Waals surface area contributed by atoms with E-state index in [1.54, 1.807) is 0 Å². The zero-order valence-electron chi connectivity index (χ0n) is 33.0. The molecule has 2 heterocycles. The number of aliphatic carboxylic acids is 2. The summed E-state index contributed by atoms with van der Waals surface area (Å²) < 4.78 is 5.83. The highest BCUT2D eigenvalue weighted by Crippen LogP contribution is 2.61. The van der Waals surface area contributed by atoms with Gasteiger partial charge in [0.1, 0.15) is 11.9 Å². The molecule has 2 aliphatic heterocycles. The summed E-state index contributed by atoms with van der Waals surface area (Å²) >= 11 is 3.79. The van der Waals surface area contributed by atoms with Gasteiger partial charge in [-0.25, -0.2) is 9.59 Å². The minimum Gasteiger partial charge on any atom is -0.508 e. The molecular weight excluding hydrogens is 745 g/mol. The van der Waals surface area contributed by atoms with Gasteiger partial charge in [-0.3, -0.25) is 9.69 Å². The van der Waals surface area contributed by atoms with Crippen molar-refractivity contribution in [2.45, 2.75) is 98.0 Å². The van der Waals surface area contributed by atoms with Crippen LogP contribution in [0.15, 0.2) is 87.5 Å². The molecule has 6 atom stereocenters. The number of carbonyl (C=O) groups excluding carboxylic acids is 1. The van der Waals surface area contributed by atoms with Crippen molar-refractivity contribution >= 4 is 41.4 Å². The van der Waals surface area contributed by atoms with Crippen LogP contribution in [0.3, 0.4) is 0 Å². The van der Waals surface area contributed by atoms with Crippen molar-refractivity contribution in [3.8, 4) is 5.75 Å². The highest BCUT2D eigenvalue weighted by atomic mass is 32.2. The van der Waals surface area contributed by atoms with Crippen LogP contribution in [-0.4, -0.2) is 88.6 Å². The molecule has 9 nitrogen and oxygen atoms in total. The van der Waals surface area contributed by atoms with E-state index in [2.05, 4.69) is 78.6 Å². The molecule has 0 spiro atoms. The summed E-state index contributed by atoms with van der Waals surface area (Å²) in [7, 11) is 2.23. The number of likely N-dealkylation sites (N-methyl/N-ethyl adjacent to an activating group) is 1. The van der Waals surface area contributed by atoms with Gasteiger partial charge < -0.3 is 25.0 Å². The average Bonchev–Trinajstić information content (AvgIpc) is 3.42. The van der Waals surface area contributed by atoms with Crippen LogP contribution < -0.4 is 0 Å². The number of aryl methyl sites for hydroxylation is 1. The van der Waals surface area contributed by atoms with Crippen molar-refractivity contribution in [3.63, 3.8) is 0 Å². The number of hydrogen-bond acceptors (Lipinski definition) is 9. The number of nitrogens with zero attached hydrogens (tertiary/aromatic N) is 2. The highest BCUT2D eigenvalue weighted by Gasteiger charge is 2.56. The van der Waals surface area contributed by atoms with Gasteiger partial charge in [-0.1, -0.05) is 49.9 Å². The molecule has 56 heavy (non-hydrogen) atoms. The van der Waals surface area contributed by atoms with Crippen molar-refractivity contribution in [1.82, 2.24) is 9.80 Å². The molecule has 3 N–H and O–H groups in total. The lowest BCUT2D eigenvalue weighted by Gasteiger charge is -2.50. The van der Waals surface area contributed by atoms with Gasteiger partial charge in [0.05, 0.1) is 0 Å². The van der Waals surface area contributed by atoms with Crippen LogP contribution in [0.25, 0.3) is 0 Å². The molecule has 8 rings (SSSR count). The van der Waals surface area contributed by atoms with Crippen LogP contribution in [0.2, 0.25) is 0 Å². The largest absolute Gasteiger partial charge is 0.508 e. The van der Waals surface area contributed by atoms with Gasteiger partial charge in [0, 0.05) is 70.9 Å². The topological polar surface area (TPSA) is 128 Å². The van der Waals surface area contributed by atoms with Gasteiger partial charge in [-0.05, 0) is 135 Å². The molecule has 3 aromatic rings. The summed E-state index contributed by atoms with van der Waals surface area (Å²) in [6, 6.07) is 22.4. The Labute approximate surface area is 339 Å². The first-order valence-electron chi connectivity index (χ1n) is 19.9. The standard InChI is InChI=1S/C21H28O3.C20H24N2S2.C4H4O4/c1-3-20(23)24-19-9-8-18-17-6-4-13-12-14(22)5-7-15(13)16(17)10-11-21(18,19)2;1-21-9-11-22(12-10-21)18-13-15-5-3-4-6-19(15)24-20-8-7-16(23-2)14-17(18)20;5-3(6)1-2-4(7)8/h5,7,12,16-19,22H,3-4,6,8-11H2,1-2H3;3-8,14,18H,9-13H2,1-2H3;1-2H,(H,5,6)(H,7,8). The SMILES string of the molecule is CCC(=O)OC1CCC2C3CCc4cc(O)ccc4C3CCC12C.CSc1ccc2c(c1)C(N1CCN(C)CC1)Cc1ccccc1S2.O=C(O)C=CC(=O)O. The Morgan fingerprint density at radius 2 is 1.62 bits per heavy atom. The number of aromatic hydroxyl groups is 1. The Balaban J connectivity index is 0.000000160. The fourth-order valence-corrected chi connectivity index (χ4v) is 11.3. The second-order valence-electron chi connectivity index (χ2n) is 15.9. The van der Waals surface area contributed by atoms with E-state index in [4.69, 9.17) is 14.9 Å². The van der Waals surface area contributed by atoms with Crippen LogP contribution in [0.5, 0.6) is 5.75 Å². The lowest BCUT2D eigenvalue weighted by Crippen LogP contribution is -2.46. The van der Waals surface area contributed by atoms with Crippen LogP contribution in [0.4, 0.5) is 0 Å². The van der Waals surface area contributed by atoms with Crippen molar-refractivity contribution < 1.29 is 34.4 Å². The predicted octanol–water partition coefficient (Wildman–Crippen LogP) is 8.69. The van der Waals surface area contributed by atoms with Gasteiger partial charge in [-0.2, -0.15) is 0 Å². The van der Waals surface area contributed by atoms with Gasteiger partial charge in [0.2, 0.25) is 0 Å². The second-order valence-corrected chi connectivity index (χ2v) is 17.9. The van der Waals surface area contributed by atoms with E-state index < -0.39 is 11.9 Å². The van der Waals surface area contributed by atoms with Gasteiger partial charge >= 0.3 is 17.9 Å². The number of carboxylic acid groups (broad SMARTS) is 2. The van der Waals surface area contributed by atoms with Crippen molar-refractivity contribution in [2.75, 3.05) is 39.5 Å². The third-order valence-electron chi connectivity index (χ3n) is 12.7. The first kappa shape index (κ1) is 41.9. The minimum atomic E-state index is -1.26. The summed E-state index contributed by atoms with van der Waals surface area (Å²) in [5, 5.41) is 25.4. The van der Waals surface area contributed by atoms with E-state index in [-0.39, 0.29) is 17.5 Å². The number of esters is 1. The molecule has 11 heteroatoms. The third kappa shape index (κ3) is 9.67. The molecule has 3 aromatic carbocycles. The second kappa shape index (κ2) is 18.7. The molecule has 0 bridgehead atoms. The minimum absolute atomic E-state index is 0.0477. The predicted molar refractivity (Wildman–Crippen MR) is 222 cm³/mol. The number of fused-ring (bicyclic) bond motifs is 7. The van der Waals surface area contributed by atoms with E-state index in [0.717, 1.165) is 38.8 Å². The summed E-state index contributed by atoms with van der Waals surface area (Å²) in [4.78, 5) is 40.3. The summed E-state index contributed by atoms with van der Waals surface area (Å²) in [5.74, 6) is -0.194. The number of phenols is 1. The van der Waals surface area contributed by atoms with Gasteiger partial charge in [-0.15, -0.1) is 11.8 Å². The van der Waals surface area contributed by atoms with E-state index >= 15 is 0 Å². The number of piperazine rings is 1. The van der Waals surface area contributed by atoms with E-state index in [0.29, 0.717) is 48.1 Å². The first-order chi connectivity index (χ1) is 26.9. The molecule has 300 valence electrons. The number of ether oxygens (including phenoxy) is 1. The maximum atomic E-state index is 11.8. The van der Waals surface area contributed by atoms with E-state index in [1.165, 1.54) is 69.3 Å². The molecule has 2 saturated carbocycles. The zero-order chi connectivity index (χ0) is 40.0. The first-order valence-corrected chi connectivity index (χ1v) is 22.0. The van der Waals surface area contributed by atoms with E-state index in [1.807, 2.05) is 42.6 Å². The molecule has 0 amide bonds. The molecule has 3 fully saturated rings. The quantitative estimate of drug-likeness (QED) is 0.126. The molecular formula is C45H56N2O7S2. The molecule has 0 aromatic heterocycles. The number of benzene rings is 3. The fraction of sp³-hybridized carbons (Fsp3) is 0.489. The third-order valence-corrected chi connectivity index (χ3v) is 14.6. The molecule has 5 aliphatic rings. The number of phenolic OH excluding ortho intramolecular Hbond substituents is 1. The van der Waals surface area contributed by atoms with Crippen molar-refractivity contribution in [3.05, 3.63) is 95.1 Å². The van der Waals surface area contributed by atoms with Crippen LogP contribution >= 0.6 is 23.5 Å². The number of carbonyl (C=O) groups is 3. The summed E-state index contributed by atoms with van der Waals surface area (Å²) in [6.07, 6.45) is 11.8. The van der Waals surface area contributed by atoms with Gasteiger partial charge in [0.15, 0.2) is 0 Å². The van der Waals surface area contributed by atoms with Gasteiger partial charge in [0.25, 0.3) is 0 Å². The van der Waals surface area contributed by atoms with E-state index in [9.17, 15) is 19.5 Å². The Morgan fingerprint density at radius 3 is 2.32 bits per heavy atom. The smallest absolute Gasteiger partial charge is 0.328 e. The van der Waals surface area contributed by atoms with Crippen LogP contribution in [0, 0.1) is 17.3 Å². The number of rotatable bonds is 6. The van der Waals surface area contributed by atoms with Crippen LogP contribution in [-0.2, 0) is 32.0 Å². The highest BCUT2D eigenvalue weighted by molar-refractivity contribution is 7.99. The Kier molecular flexibility index (Phi) is 13.9. The van der Waals surface area contributed by atoms with Crippen molar-refractivity contribution in [2.24, 2.45) is 17.3 Å². The van der Waals surface area contributed by atoms with Crippen LogP contribution in [0.1, 0.15) is 86.6 Å². The molecule has 6 unspecified atom stereocenters. The molecule has 1 saturated heterocycles. The average molecular weight is 801 g/mol. The number of hydrogen-bond donors (Lipinski definition) is 3. The maximum Gasteiger partial charge on any atom is 0.328 e. The Hall–Kier alpha value is -3.77. The lowest BCUT2D eigenvalue weighted by atomic mass is 9.55. The number of thioether (sulfide) groups is 1. The normalized spacial score (nSPS) is 26.7. The monoisotopic (exact) mass is 800 g/mol. The summed E-state index contributed by atoms with van der Waals surface area (Å²) in [6.45, 7) is 8.90. The number of carboxylic acids is 2. The lowest BCUT2D eigenvalue weighted by molar-refractivity contribution is -0.157. The fourth-order valence-electron chi connectivity index (χ4n) is 9.77. The Morgan fingerprint density at radius 1 is 0.893 bits per heavy atom. The maximum absolute atomic E-state index is 11.8. The van der Waals surface area contributed by atoms with Crippen molar-refractivity contribution in [1.29, 1.82) is 0 Å². The Bertz CT molecular complexity index is 1890. The molecule has 0 radical (unpaired) electrons.